The summed E-state index contributed by atoms with van der Waals surface area (Å²) in [6.45, 7) is 1.51. The van der Waals surface area contributed by atoms with Gasteiger partial charge in [0.15, 0.2) is 5.78 Å². The van der Waals surface area contributed by atoms with E-state index in [2.05, 4.69) is 0 Å². The van der Waals surface area contributed by atoms with Gasteiger partial charge in [-0.25, -0.2) is 4.79 Å². The summed E-state index contributed by atoms with van der Waals surface area (Å²) < 4.78 is 5.10. The van der Waals surface area contributed by atoms with E-state index >= 15 is 0 Å². The molecule has 0 radical (unpaired) electrons. The van der Waals surface area contributed by atoms with E-state index < -0.39 is 5.97 Å². The number of ether oxygens (including phenoxy) is 1. The second-order valence-corrected chi connectivity index (χ2v) is 4.12. The summed E-state index contributed by atoms with van der Waals surface area (Å²) in [5.41, 5.74) is 0.939. The standard InChI is InChI=1S/C14H17NO3/c1-11(16)13(9-15(2)3)14(17)18-10-12-7-5-4-6-8-12/h4-9H,10H2,1-3H3. The van der Waals surface area contributed by atoms with Gasteiger partial charge >= 0.3 is 5.97 Å². The lowest BCUT2D eigenvalue weighted by molar-refractivity contribution is -0.141. The van der Waals surface area contributed by atoms with Crippen LogP contribution in [0, 0.1) is 0 Å². The van der Waals surface area contributed by atoms with E-state index in [4.69, 9.17) is 4.74 Å². The number of carbonyl (C=O) groups excluding carboxylic acids is 2. The average Bonchev–Trinajstić information content (AvgIpc) is 2.34. The molecule has 0 saturated carbocycles. The summed E-state index contributed by atoms with van der Waals surface area (Å²) in [6, 6.07) is 9.33. The van der Waals surface area contributed by atoms with Crippen molar-refractivity contribution in [1.82, 2.24) is 4.90 Å². The lowest BCUT2D eigenvalue weighted by Crippen LogP contribution is -2.17. The highest BCUT2D eigenvalue weighted by atomic mass is 16.5. The molecule has 0 saturated heterocycles. The molecular weight excluding hydrogens is 230 g/mol. The Bertz CT molecular complexity index is 449. The lowest BCUT2D eigenvalue weighted by atomic mass is 10.2. The van der Waals surface area contributed by atoms with E-state index in [-0.39, 0.29) is 18.0 Å². The molecule has 0 spiro atoms. The third kappa shape index (κ3) is 4.41. The molecule has 0 unspecified atom stereocenters. The molecule has 0 fully saturated rings. The number of Topliss-reactive ketones (excluding diaryl/α,β-unsaturated/α-hetero) is 1. The monoisotopic (exact) mass is 247 g/mol. The van der Waals surface area contributed by atoms with Crippen molar-refractivity contribution in [2.75, 3.05) is 14.1 Å². The summed E-state index contributed by atoms with van der Waals surface area (Å²) in [5, 5.41) is 0. The molecule has 1 rings (SSSR count). The number of benzene rings is 1. The number of carbonyl (C=O) groups is 2. The Morgan fingerprint density at radius 3 is 2.33 bits per heavy atom. The zero-order chi connectivity index (χ0) is 13.5. The molecule has 0 bridgehead atoms. The SMILES string of the molecule is CC(=O)C(=CN(C)C)C(=O)OCc1ccccc1. The number of hydrogen-bond acceptors (Lipinski definition) is 4. The topological polar surface area (TPSA) is 46.6 Å². The van der Waals surface area contributed by atoms with Crippen molar-refractivity contribution >= 4 is 11.8 Å². The van der Waals surface area contributed by atoms with Gasteiger partial charge in [-0.05, 0) is 12.5 Å². The van der Waals surface area contributed by atoms with Gasteiger partial charge in [-0.1, -0.05) is 30.3 Å². The van der Waals surface area contributed by atoms with Gasteiger partial charge in [-0.3, -0.25) is 4.79 Å². The Kier molecular flexibility index (Phi) is 5.11. The summed E-state index contributed by atoms with van der Waals surface area (Å²) in [5.74, 6) is -0.901. The molecule has 0 N–H and O–H groups in total. The van der Waals surface area contributed by atoms with Crippen LogP contribution in [-0.4, -0.2) is 30.7 Å². The van der Waals surface area contributed by atoms with Crippen LogP contribution in [0.25, 0.3) is 0 Å². The quantitative estimate of drug-likeness (QED) is 0.344. The van der Waals surface area contributed by atoms with Crippen LogP contribution >= 0.6 is 0 Å². The Labute approximate surface area is 107 Å². The van der Waals surface area contributed by atoms with Crippen LogP contribution in [0.3, 0.4) is 0 Å². The molecule has 0 atom stereocenters. The zero-order valence-electron chi connectivity index (χ0n) is 10.8. The highest BCUT2D eigenvalue weighted by molar-refractivity contribution is 6.16. The van der Waals surface area contributed by atoms with Gasteiger partial charge in [0.05, 0.1) is 0 Å². The number of rotatable bonds is 5. The number of hydrogen-bond donors (Lipinski definition) is 0. The van der Waals surface area contributed by atoms with Crippen molar-refractivity contribution in [3.63, 3.8) is 0 Å². The van der Waals surface area contributed by atoms with Gasteiger partial charge in [0.2, 0.25) is 0 Å². The molecule has 0 amide bonds. The largest absolute Gasteiger partial charge is 0.457 e. The van der Waals surface area contributed by atoms with Crippen LogP contribution < -0.4 is 0 Å². The van der Waals surface area contributed by atoms with Crippen LogP contribution in [0.4, 0.5) is 0 Å². The summed E-state index contributed by atoms with van der Waals surface area (Å²) in [6.07, 6.45) is 1.47. The Hall–Kier alpha value is -2.10. The van der Waals surface area contributed by atoms with Gasteiger partial charge < -0.3 is 9.64 Å². The molecule has 0 aliphatic rings. The highest BCUT2D eigenvalue weighted by Gasteiger charge is 2.16. The van der Waals surface area contributed by atoms with Crippen LogP contribution in [-0.2, 0) is 20.9 Å². The van der Waals surface area contributed by atoms with E-state index in [0.29, 0.717) is 0 Å². The number of nitrogens with zero attached hydrogens (tertiary/aromatic N) is 1. The maximum Gasteiger partial charge on any atom is 0.343 e. The Morgan fingerprint density at radius 1 is 1.22 bits per heavy atom. The normalized spacial score (nSPS) is 10.9. The first-order valence-corrected chi connectivity index (χ1v) is 5.61. The molecular formula is C14H17NO3. The first-order valence-electron chi connectivity index (χ1n) is 5.61. The van der Waals surface area contributed by atoms with Gasteiger partial charge in [0.25, 0.3) is 0 Å². The molecule has 1 aromatic rings. The fourth-order valence-electron chi connectivity index (χ4n) is 1.35. The van der Waals surface area contributed by atoms with Crippen molar-refractivity contribution in [1.29, 1.82) is 0 Å². The van der Waals surface area contributed by atoms with Gasteiger partial charge in [-0.2, -0.15) is 0 Å². The van der Waals surface area contributed by atoms with Gasteiger partial charge in [0, 0.05) is 20.3 Å². The smallest absolute Gasteiger partial charge is 0.343 e. The van der Waals surface area contributed by atoms with Crippen LogP contribution in [0.2, 0.25) is 0 Å². The third-order valence-electron chi connectivity index (χ3n) is 2.20. The van der Waals surface area contributed by atoms with E-state index in [1.54, 1.807) is 19.0 Å². The van der Waals surface area contributed by atoms with E-state index in [0.717, 1.165) is 5.56 Å². The van der Waals surface area contributed by atoms with Crippen molar-refractivity contribution in [2.45, 2.75) is 13.5 Å². The molecule has 0 heterocycles. The fraction of sp³-hybridized carbons (Fsp3) is 0.286. The molecule has 0 aromatic heterocycles. The fourth-order valence-corrected chi connectivity index (χ4v) is 1.35. The Balaban J connectivity index is 2.66. The lowest BCUT2D eigenvalue weighted by Gasteiger charge is -2.09. The summed E-state index contributed by atoms with van der Waals surface area (Å²) in [4.78, 5) is 24.7. The van der Waals surface area contributed by atoms with E-state index in [1.165, 1.54) is 13.1 Å². The maximum absolute atomic E-state index is 11.8. The maximum atomic E-state index is 11.8. The molecule has 0 aliphatic heterocycles. The van der Waals surface area contributed by atoms with Crippen LogP contribution in [0.5, 0.6) is 0 Å². The van der Waals surface area contributed by atoms with E-state index in [9.17, 15) is 9.59 Å². The minimum Gasteiger partial charge on any atom is -0.457 e. The second kappa shape index (κ2) is 6.59. The van der Waals surface area contributed by atoms with E-state index in [1.807, 2.05) is 30.3 Å². The number of ketones is 1. The van der Waals surface area contributed by atoms with Gasteiger partial charge in [-0.15, -0.1) is 0 Å². The van der Waals surface area contributed by atoms with Crippen LogP contribution in [0.15, 0.2) is 42.1 Å². The molecule has 1 aromatic carbocycles. The minimum absolute atomic E-state index is 0.0518. The summed E-state index contributed by atoms with van der Waals surface area (Å²) in [7, 11) is 3.49. The van der Waals surface area contributed by atoms with Crippen LogP contribution in [0.1, 0.15) is 12.5 Å². The van der Waals surface area contributed by atoms with Crippen molar-refractivity contribution in [3.05, 3.63) is 47.7 Å². The first kappa shape index (κ1) is 14.0. The predicted molar refractivity (Wildman–Crippen MR) is 68.7 cm³/mol. The predicted octanol–water partition coefficient (Wildman–Crippen LogP) is 1.76. The zero-order valence-corrected chi connectivity index (χ0v) is 10.8. The van der Waals surface area contributed by atoms with Gasteiger partial charge in [0.1, 0.15) is 12.2 Å². The Morgan fingerprint density at radius 2 is 1.83 bits per heavy atom. The molecule has 96 valence electrons. The summed E-state index contributed by atoms with van der Waals surface area (Å²) >= 11 is 0. The molecule has 18 heavy (non-hydrogen) atoms. The second-order valence-electron chi connectivity index (χ2n) is 4.12. The van der Waals surface area contributed by atoms with Crippen molar-refractivity contribution < 1.29 is 14.3 Å². The van der Waals surface area contributed by atoms with Crippen molar-refractivity contribution in [3.8, 4) is 0 Å². The first-order chi connectivity index (χ1) is 8.50. The molecule has 4 heteroatoms. The van der Waals surface area contributed by atoms with Crippen molar-refractivity contribution in [2.24, 2.45) is 0 Å². The third-order valence-corrected chi connectivity index (χ3v) is 2.20. The molecule has 0 aliphatic carbocycles. The minimum atomic E-state index is -0.597. The average molecular weight is 247 g/mol. The number of esters is 1. The molecule has 4 nitrogen and oxygen atoms in total. The highest BCUT2D eigenvalue weighted by Crippen LogP contribution is 2.06.